The molecule has 1 N–H and O–H groups in total. The SMILES string of the molecule is CCCC1(CC(=O)O)CC1. The summed E-state index contributed by atoms with van der Waals surface area (Å²) in [5.74, 6) is -0.633. The minimum absolute atomic E-state index is 0.223. The van der Waals surface area contributed by atoms with Crippen molar-refractivity contribution in [3.63, 3.8) is 0 Å². The molecule has 1 aliphatic carbocycles. The lowest BCUT2D eigenvalue weighted by atomic mass is 9.97. The highest BCUT2D eigenvalue weighted by Gasteiger charge is 2.42. The summed E-state index contributed by atoms with van der Waals surface area (Å²) in [4.78, 5) is 10.3. The summed E-state index contributed by atoms with van der Waals surface area (Å²) >= 11 is 0. The number of hydrogen-bond donors (Lipinski definition) is 1. The van der Waals surface area contributed by atoms with Crippen LogP contribution in [0.3, 0.4) is 0 Å². The van der Waals surface area contributed by atoms with E-state index in [1.807, 2.05) is 0 Å². The summed E-state index contributed by atoms with van der Waals surface area (Å²) in [5, 5.41) is 8.52. The van der Waals surface area contributed by atoms with Crippen molar-refractivity contribution in [1.82, 2.24) is 0 Å². The van der Waals surface area contributed by atoms with E-state index in [1.54, 1.807) is 0 Å². The molecule has 0 aromatic rings. The lowest BCUT2D eigenvalue weighted by Crippen LogP contribution is -2.07. The van der Waals surface area contributed by atoms with Crippen LogP contribution in [-0.2, 0) is 4.79 Å². The summed E-state index contributed by atoms with van der Waals surface area (Å²) in [6, 6.07) is 0. The molecular formula is C8H14O2. The molecule has 0 unspecified atom stereocenters. The predicted octanol–water partition coefficient (Wildman–Crippen LogP) is 2.04. The van der Waals surface area contributed by atoms with Gasteiger partial charge in [0.25, 0.3) is 0 Å². The summed E-state index contributed by atoms with van der Waals surface area (Å²) < 4.78 is 0. The van der Waals surface area contributed by atoms with Gasteiger partial charge in [-0.15, -0.1) is 0 Å². The molecular weight excluding hydrogens is 128 g/mol. The Morgan fingerprint density at radius 1 is 1.60 bits per heavy atom. The highest BCUT2D eigenvalue weighted by molar-refractivity contribution is 5.68. The van der Waals surface area contributed by atoms with Gasteiger partial charge in [0, 0.05) is 0 Å². The first kappa shape index (κ1) is 7.58. The normalized spacial score (nSPS) is 20.5. The molecule has 58 valence electrons. The summed E-state index contributed by atoms with van der Waals surface area (Å²) in [6.45, 7) is 2.11. The van der Waals surface area contributed by atoms with Crippen LogP contribution in [0.1, 0.15) is 39.0 Å². The highest BCUT2D eigenvalue weighted by Crippen LogP contribution is 2.52. The Bertz CT molecular complexity index is 136. The van der Waals surface area contributed by atoms with E-state index in [-0.39, 0.29) is 5.41 Å². The second kappa shape index (κ2) is 2.60. The zero-order valence-electron chi connectivity index (χ0n) is 6.39. The maximum Gasteiger partial charge on any atom is 0.303 e. The van der Waals surface area contributed by atoms with Gasteiger partial charge in [-0.3, -0.25) is 4.79 Å². The Hall–Kier alpha value is -0.530. The van der Waals surface area contributed by atoms with Gasteiger partial charge in [-0.1, -0.05) is 13.3 Å². The molecule has 2 nitrogen and oxygen atoms in total. The van der Waals surface area contributed by atoms with Crippen LogP contribution in [0.2, 0.25) is 0 Å². The molecule has 10 heavy (non-hydrogen) atoms. The van der Waals surface area contributed by atoms with Crippen LogP contribution in [0, 0.1) is 5.41 Å². The third kappa shape index (κ3) is 1.72. The fourth-order valence-corrected chi connectivity index (χ4v) is 1.54. The van der Waals surface area contributed by atoms with Crippen molar-refractivity contribution >= 4 is 5.97 Å². The van der Waals surface area contributed by atoms with Gasteiger partial charge in [0.15, 0.2) is 0 Å². The Morgan fingerprint density at radius 2 is 2.20 bits per heavy atom. The monoisotopic (exact) mass is 142 g/mol. The Balaban J connectivity index is 2.30. The van der Waals surface area contributed by atoms with Crippen molar-refractivity contribution < 1.29 is 9.90 Å². The molecule has 1 fully saturated rings. The Labute approximate surface area is 61.2 Å². The second-order valence-corrected chi connectivity index (χ2v) is 3.32. The average molecular weight is 142 g/mol. The third-order valence-electron chi connectivity index (χ3n) is 2.26. The van der Waals surface area contributed by atoms with Crippen molar-refractivity contribution in [3.8, 4) is 0 Å². The highest BCUT2D eigenvalue weighted by atomic mass is 16.4. The van der Waals surface area contributed by atoms with Gasteiger partial charge < -0.3 is 5.11 Å². The van der Waals surface area contributed by atoms with Crippen molar-refractivity contribution in [2.45, 2.75) is 39.0 Å². The van der Waals surface area contributed by atoms with Crippen molar-refractivity contribution in [1.29, 1.82) is 0 Å². The molecule has 1 rings (SSSR count). The van der Waals surface area contributed by atoms with Gasteiger partial charge in [0.05, 0.1) is 6.42 Å². The molecule has 0 amide bonds. The minimum atomic E-state index is -0.633. The molecule has 0 heterocycles. The van der Waals surface area contributed by atoms with E-state index in [0.29, 0.717) is 6.42 Å². The van der Waals surface area contributed by atoms with E-state index in [0.717, 1.165) is 25.7 Å². The van der Waals surface area contributed by atoms with Gasteiger partial charge in [-0.25, -0.2) is 0 Å². The van der Waals surface area contributed by atoms with E-state index >= 15 is 0 Å². The van der Waals surface area contributed by atoms with E-state index < -0.39 is 5.97 Å². The Morgan fingerprint density at radius 3 is 2.50 bits per heavy atom. The number of carbonyl (C=O) groups is 1. The van der Waals surface area contributed by atoms with Crippen molar-refractivity contribution in [2.24, 2.45) is 5.41 Å². The first-order valence-corrected chi connectivity index (χ1v) is 3.90. The minimum Gasteiger partial charge on any atom is -0.481 e. The van der Waals surface area contributed by atoms with Crippen LogP contribution in [0.5, 0.6) is 0 Å². The van der Waals surface area contributed by atoms with Crippen LogP contribution in [0.15, 0.2) is 0 Å². The molecule has 0 aliphatic heterocycles. The van der Waals surface area contributed by atoms with Gasteiger partial charge in [-0.05, 0) is 24.7 Å². The first-order valence-electron chi connectivity index (χ1n) is 3.90. The zero-order valence-corrected chi connectivity index (χ0v) is 6.39. The van der Waals surface area contributed by atoms with E-state index in [9.17, 15) is 4.79 Å². The zero-order chi connectivity index (χ0) is 7.61. The average Bonchev–Trinajstić information content (AvgIpc) is 2.47. The van der Waals surface area contributed by atoms with Crippen LogP contribution in [-0.4, -0.2) is 11.1 Å². The molecule has 0 spiro atoms. The fraction of sp³-hybridized carbons (Fsp3) is 0.875. The molecule has 0 aromatic heterocycles. The topological polar surface area (TPSA) is 37.3 Å². The summed E-state index contributed by atoms with van der Waals surface area (Å²) in [5.41, 5.74) is 0.223. The molecule has 1 saturated carbocycles. The standard InChI is InChI=1S/C8H14O2/c1-2-3-8(4-5-8)6-7(9)10/h2-6H2,1H3,(H,9,10). The van der Waals surface area contributed by atoms with E-state index in [1.165, 1.54) is 0 Å². The number of rotatable bonds is 4. The second-order valence-electron chi connectivity index (χ2n) is 3.32. The maximum absolute atomic E-state index is 10.3. The smallest absolute Gasteiger partial charge is 0.303 e. The predicted molar refractivity (Wildman–Crippen MR) is 38.8 cm³/mol. The molecule has 0 bridgehead atoms. The van der Waals surface area contributed by atoms with Crippen LogP contribution < -0.4 is 0 Å². The molecule has 0 radical (unpaired) electrons. The van der Waals surface area contributed by atoms with Gasteiger partial charge >= 0.3 is 5.97 Å². The Kier molecular flexibility index (Phi) is 1.97. The van der Waals surface area contributed by atoms with Crippen molar-refractivity contribution in [3.05, 3.63) is 0 Å². The number of hydrogen-bond acceptors (Lipinski definition) is 1. The quantitative estimate of drug-likeness (QED) is 0.652. The largest absolute Gasteiger partial charge is 0.481 e. The fourth-order valence-electron chi connectivity index (χ4n) is 1.54. The van der Waals surface area contributed by atoms with Gasteiger partial charge in [0.2, 0.25) is 0 Å². The number of aliphatic carboxylic acids is 1. The summed E-state index contributed by atoms with van der Waals surface area (Å²) in [7, 11) is 0. The molecule has 1 aliphatic rings. The molecule has 2 heteroatoms. The first-order chi connectivity index (χ1) is 4.68. The lowest BCUT2D eigenvalue weighted by Gasteiger charge is -2.08. The van der Waals surface area contributed by atoms with Crippen LogP contribution >= 0.6 is 0 Å². The maximum atomic E-state index is 10.3. The van der Waals surface area contributed by atoms with Gasteiger partial charge in [-0.2, -0.15) is 0 Å². The number of carboxylic acids is 1. The van der Waals surface area contributed by atoms with Crippen LogP contribution in [0.4, 0.5) is 0 Å². The third-order valence-corrected chi connectivity index (χ3v) is 2.26. The molecule has 0 aromatic carbocycles. The van der Waals surface area contributed by atoms with E-state index in [2.05, 4.69) is 6.92 Å². The van der Waals surface area contributed by atoms with Gasteiger partial charge in [0.1, 0.15) is 0 Å². The van der Waals surface area contributed by atoms with Crippen molar-refractivity contribution in [2.75, 3.05) is 0 Å². The van der Waals surface area contributed by atoms with E-state index in [4.69, 9.17) is 5.11 Å². The molecule has 0 saturated heterocycles. The van der Waals surface area contributed by atoms with Crippen LogP contribution in [0.25, 0.3) is 0 Å². The summed E-state index contributed by atoms with van der Waals surface area (Å²) in [6.07, 6.45) is 4.87. The molecule has 0 atom stereocenters. The lowest BCUT2D eigenvalue weighted by molar-refractivity contribution is -0.138. The number of carboxylic acid groups (broad SMARTS) is 1.